The molecule has 4 rings (SSSR count). The van der Waals surface area contributed by atoms with Gasteiger partial charge in [0.05, 0.1) is 12.2 Å². The van der Waals surface area contributed by atoms with Gasteiger partial charge in [0.2, 0.25) is 5.91 Å². The Labute approximate surface area is 195 Å². The van der Waals surface area contributed by atoms with Crippen LogP contribution < -0.4 is 5.32 Å². The molecule has 1 amide bonds. The van der Waals surface area contributed by atoms with Crippen LogP contribution >= 0.6 is 23.1 Å². The van der Waals surface area contributed by atoms with Gasteiger partial charge in [-0.2, -0.15) is 0 Å². The number of anilines is 1. The molecule has 0 bridgehead atoms. The topological polar surface area (TPSA) is 81.2 Å². The first-order chi connectivity index (χ1) is 15.5. The predicted octanol–water partition coefficient (Wildman–Crippen LogP) is 5.22. The molecule has 1 aliphatic carbocycles. The molecule has 0 fully saturated rings. The number of carbonyl (C=O) groups is 2. The standard InChI is InChI=1S/C24H25N3O3S2/c1-4-30-23(29)20-18-10-9-16-7-5-6-8-17(16)21(18)32-22(20)27-19(28)11-12-31-24-25-14(2)13-15(3)26-24/h5-8,13H,4,9-12H2,1-3H3,(H,27,28). The SMILES string of the molecule is CCOC(=O)c1c(NC(=O)CCSc2nc(C)cc(C)n2)sc2c1CCc1ccccc1-2. The third kappa shape index (κ3) is 4.86. The lowest BCUT2D eigenvalue weighted by atomic mass is 9.89. The third-order valence-corrected chi connectivity index (χ3v) is 7.20. The first kappa shape index (κ1) is 22.5. The summed E-state index contributed by atoms with van der Waals surface area (Å²) in [6, 6.07) is 10.1. The number of hydrogen-bond donors (Lipinski definition) is 1. The lowest BCUT2D eigenvalue weighted by Gasteiger charge is -2.16. The van der Waals surface area contributed by atoms with E-state index in [2.05, 4.69) is 27.4 Å². The van der Waals surface area contributed by atoms with Gasteiger partial charge in [0.25, 0.3) is 0 Å². The van der Waals surface area contributed by atoms with Crippen LogP contribution in [0.1, 0.15) is 46.2 Å². The van der Waals surface area contributed by atoms with Crippen molar-refractivity contribution in [2.24, 2.45) is 0 Å². The Kier molecular flexibility index (Phi) is 6.91. The maximum Gasteiger partial charge on any atom is 0.341 e. The van der Waals surface area contributed by atoms with Gasteiger partial charge in [-0.25, -0.2) is 14.8 Å². The molecule has 2 aromatic heterocycles. The van der Waals surface area contributed by atoms with Gasteiger partial charge in [-0.1, -0.05) is 36.0 Å². The summed E-state index contributed by atoms with van der Waals surface area (Å²) < 4.78 is 5.32. The summed E-state index contributed by atoms with van der Waals surface area (Å²) >= 11 is 2.91. The van der Waals surface area contributed by atoms with E-state index in [4.69, 9.17) is 4.74 Å². The number of amides is 1. The number of thiophene rings is 1. The van der Waals surface area contributed by atoms with Gasteiger partial charge in [-0.05, 0) is 56.4 Å². The van der Waals surface area contributed by atoms with Crippen molar-refractivity contribution in [3.05, 3.63) is 58.4 Å². The zero-order chi connectivity index (χ0) is 22.7. The van der Waals surface area contributed by atoms with E-state index in [9.17, 15) is 9.59 Å². The van der Waals surface area contributed by atoms with Crippen molar-refractivity contribution in [3.8, 4) is 10.4 Å². The van der Waals surface area contributed by atoms with Gasteiger partial charge in [0.1, 0.15) is 5.00 Å². The Morgan fingerprint density at radius 1 is 1.16 bits per heavy atom. The Hall–Kier alpha value is -2.71. The molecule has 3 aromatic rings. The van der Waals surface area contributed by atoms with E-state index in [1.807, 2.05) is 32.0 Å². The number of nitrogens with one attached hydrogen (secondary N) is 1. The Bertz CT molecular complexity index is 1150. The highest BCUT2D eigenvalue weighted by Crippen LogP contribution is 2.45. The third-order valence-electron chi connectivity index (χ3n) is 5.17. The van der Waals surface area contributed by atoms with Gasteiger partial charge in [0.15, 0.2) is 5.16 Å². The second-order valence-corrected chi connectivity index (χ2v) is 9.65. The van der Waals surface area contributed by atoms with E-state index in [1.165, 1.54) is 28.7 Å². The fourth-order valence-corrected chi connectivity index (χ4v) is 6.03. The van der Waals surface area contributed by atoms with Gasteiger partial charge in [0, 0.05) is 28.4 Å². The summed E-state index contributed by atoms with van der Waals surface area (Å²) in [5.41, 5.74) is 5.69. The van der Waals surface area contributed by atoms with Crippen LogP contribution in [0.4, 0.5) is 5.00 Å². The highest BCUT2D eigenvalue weighted by molar-refractivity contribution is 7.99. The molecule has 0 radical (unpaired) electrons. The van der Waals surface area contributed by atoms with Gasteiger partial charge < -0.3 is 10.1 Å². The summed E-state index contributed by atoms with van der Waals surface area (Å²) in [5, 5.41) is 4.22. The van der Waals surface area contributed by atoms with Crippen LogP contribution in [0.3, 0.4) is 0 Å². The van der Waals surface area contributed by atoms with E-state index < -0.39 is 0 Å². The van der Waals surface area contributed by atoms with Gasteiger partial charge in [-0.15, -0.1) is 11.3 Å². The molecule has 1 N–H and O–H groups in total. The van der Waals surface area contributed by atoms with E-state index in [0.717, 1.165) is 40.2 Å². The normalized spacial score (nSPS) is 12.1. The predicted molar refractivity (Wildman–Crippen MR) is 129 cm³/mol. The fraction of sp³-hybridized carbons (Fsp3) is 0.333. The first-order valence-electron chi connectivity index (χ1n) is 10.6. The van der Waals surface area contributed by atoms with Crippen molar-refractivity contribution in [1.29, 1.82) is 0 Å². The zero-order valence-corrected chi connectivity index (χ0v) is 20.0. The van der Waals surface area contributed by atoms with Crippen molar-refractivity contribution in [1.82, 2.24) is 9.97 Å². The van der Waals surface area contributed by atoms with E-state index in [1.54, 1.807) is 6.92 Å². The highest BCUT2D eigenvalue weighted by Gasteiger charge is 2.29. The molecule has 0 saturated heterocycles. The molecule has 0 unspecified atom stereocenters. The molecule has 2 heterocycles. The average molecular weight is 468 g/mol. The largest absolute Gasteiger partial charge is 0.462 e. The molecule has 1 aliphatic rings. The molecule has 1 aromatic carbocycles. The number of ether oxygens (including phenoxy) is 1. The number of esters is 1. The number of aromatic nitrogens is 2. The number of carbonyl (C=O) groups excluding carboxylic acids is 2. The summed E-state index contributed by atoms with van der Waals surface area (Å²) in [6.45, 7) is 5.94. The molecule has 32 heavy (non-hydrogen) atoms. The maximum absolute atomic E-state index is 12.8. The maximum atomic E-state index is 12.8. The number of thioether (sulfide) groups is 1. The van der Waals surface area contributed by atoms with Crippen LogP contribution in [0.2, 0.25) is 0 Å². The van der Waals surface area contributed by atoms with E-state index in [0.29, 0.717) is 34.5 Å². The lowest BCUT2D eigenvalue weighted by molar-refractivity contribution is -0.115. The van der Waals surface area contributed by atoms with Crippen molar-refractivity contribution in [2.75, 3.05) is 17.7 Å². The second-order valence-electron chi connectivity index (χ2n) is 7.57. The van der Waals surface area contributed by atoms with Crippen molar-refractivity contribution in [3.63, 3.8) is 0 Å². The summed E-state index contributed by atoms with van der Waals surface area (Å²) in [5.74, 6) is 0.0363. The number of aryl methyl sites for hydroxylation is 3. The number of benzene rings is 1. The van der Waals surface area contributed by atoms with Crippen LogP contribution in [-0.4, -0.2) is 34.2 Å². The molecule has 8 heteroatoms. The minimum Gasteiger partial charge on any atom is -0.462 e. The quantitative estimate of drug-likeness (QED) is 0.292. The van der Waals surface area contributed by atoms with Crippen LogP contribution in [0, 0.1) is 13.8 Å². The van der Waals surface area contributed by atoms with Crippen LogP contribution in [0.25, 0.3) is 10.4 Å². The molecule has 166 valence electrons. The molecule has 0 spiro atoms. The molecule has 6 nitrogen and oxygen atoms in total. The van der Waals surface area contributed by atoms with Crippen LogP contribution in [0.5, 0.6) is 0 Å². The number of rotatable bonds is 7. The summed E-state index contributed by atoms with van der Waals surface area (Å²) in [7, 11) is 0. The number of hydrogen-bond acceptors (Lipinski definition) is 7. The van der Waals surface area contributed by atoms with Crippen molar-refractivity contribution in [2.45, 2.75) is 45.2 Å². The second kappa shape index (κ2) is 9.83. The Morgan fingerprint density at radius 3 is 2.66 bits per heavy atom. The molecular weight excluding hydrogens is 442 g/mol. The zero-order valence-electron chi connectivity index (χ0n) is 18.4. The first-order valence-corrected chi connectivity index (χ1v) is 12.4. The average Bonchev–Trinajstić information content (AvgIpc) is 3.11. The minimum absolute atomic E-state index is 0.140. The highest BCUT2D eigenvalue weighted by atomic mass is 32.2. The van der Waals surface area contributed by atoms with Gasteiger partial charge in [-0.3, -0.25) is 4.79 Å². The summed E-state index contributed by atoms with van der Waals surface area (Å²) in [6.07, 6.45) is 1.92. The smallest absolute Gasteiger partial charge is 0.341 e. The lowest BCUT2D eigenvalue weighted by Crippen LogP contribution is -2.16. The van der Waals surface area contributed by atoms with Crippen molar-refractivity contribution >= 4 is 40.0 Å². The molecule has 0 saturated carbocycles. The molecule has 0 atom stereocenters. The Morgan fingerprint density at radius 2 is 1.91 bits per heavy atom. The monoisotopic (exact) mass is 467 g/mol. The van der Waals surface area contributed by atoms with Crippen LogP contribution in [0.15, 0.2) is 35.5 Å². The van der Waals surface area contributed by atoms with Gasteiger partial charge >= 0.3 is 5.97 Å². The van der Waals surface area contributed by atoms with Crippen LogP contribution in [-0.2, 0) is 22.4 Å². The van der Waals surface area contributed by atoms with E-state index in [-0.39, 0.29) is 11.9 Å². The number of nitrogens with zero attached hydrogens (tertiary/aromatic N) is 2. The molecule has 0 aliphatic heterocycles. The Balaban J connectivity index is 1.52. The van der Waals surface area contributed by atoms with Crippen molar-refractivity contribution < 1.29 is 14.3 Å². The van der Waals surface area contributed by atoms with E-state index >= 15 is 0 Å². The molecular formula is C24H25N3O3S2. The fourth-order valence-electron chi connectivity index (χ4n) is 3.83. The minimum atomic E-state index is -0.377. The summed E-state index contributed by atoms with van der Waals surface area (Å²) in [4.78, 5) is 35.3. The number of fused-ring (bicyclic) bond motifs is 3.